The summed E-state index contributed by atoms with van der Waals surface area (Å²) in [5, 5.41) is 8.69. The molecule has 162 valence electrons. The number of pyridine rings is 2. The van der Waals surface area contributed by atoms with E-state index in [-0.39, 0.29) is 30.0 Å². The highest BCUT2D eigenvalue weighted by molar-refractivity contribution is 5.94. The van der Waals surface area contributed by atoms with Gasteiger partial charge in [-0.3, -0.25) is 14.6 Å². The number of aliphatic carboxylic acids is 1. The van der Waals surface area contributed by atoms with E-state index in [0.29, 0.717) is 30.7 Å². The number of carbonyl (C=O) groups excluding carboxylic acids is 1. The minimum Gasteiger partial charge on any atom is -0.481 e. The number of aromatic nitrogens is 2. The Morgan fingerprint density at radius 2 is 2.03 bits per heavy atom. The van der Waals surface area contributed by atoms with E-state index in [2.05, 4.69) is 9.97 Å². The van der Waals surface area contributed by atoms with E-state index >= 15 is 0 Å². The molecule has 0 radical (unpaired) electrons. The number of carbonyl (C=O) groups is 2. The summed E-state index contributed by atoms with van der Waals surface area (Å²) < 4.78 is 28.1. The zero-order valence-electron chi connectivity index (χ0n) is 19.2. The second kappa shape index (κ2) is 10.9. The smallest absolute Gasteiger partial charge is 0.303 e. The van der Waals surface area contributed by atoms with Crippen LogP contribution in [-0.4, -0.2) is 45.5 Å². The Hall–Kier alpha value is -3.68. The molecule has 3 aromatic heterocycles. The van der Waals surface area contributed by atoms with Gasteiger partial charge in [0.05, 0.1) is 27.7 Å². The Bertz CT molecular complexity index is 1070. The Morgan fingerprint density at radius 1 is 1.16 bits per heavy atom. The summed E-state index contributed by atoms with van der Waals surface area (Å²) in [6.07, 6.45) is 6.31. The molecular formula is C23H25N3O5. The quantitative estimate of drug-likeness (QED) is 0.462. The first kappa shape index (κ1) is 19.3. The van der Waals surface area contributed by atoms with E-state index in [4.69, 9.17) is 17.0 Å². The zero-order chi connectivity index (χ0) is 23.8. The average molecular weight is 425 g/mol. The van der Waals surface area contributed by atoms with Crippen LogP contribution in [0.3, 0.4) is 0 Å². The van der Waals surface area contributed by atoms with Gasteiger partial charge in [-0.1, -0.05) is 6.07 Å². The van der Waals surface area contributed by atoms with Crippen LogP contribution in [0.25, 0.3) is 11.5 Å². The minimum absolute atomic E-state index is 0.0895. The topological polar surface area (TPSA) is 106 Å². The van der Waals surface area contributed by atoms with Gasteiger partial charge < -0.3 is 19.2 Å². The van der Waals surface area contributed by atoms with Crippen LogP contribution < -0.4 is 4.74 Å². The minimum atomic E-state index is -2.20. The monoisotopic (exact) mass is 425 g/mol. The van der Waals surface area contributed by atoms with Gasteiger partial charge in [-0.05, 0) is 49.6 Å². The lowest BCUT2D eigenvalue weighted by Crippen LogP contribution is -2.26. The first-order valence-electron chi connectivity index (χ1n) is 10.9. The maximum atomic E-state index is 13.0. The SMILES string of the molecule is [2H]C([2H])(c1cccnc1OCCCCCC(=O)O)N(C)C(=O)c1ccc(-c2ccco2)nc1. The number of rotatable bonds is 11. The number of carboxylic acid groups (broad SMARTS) is 1. The van der Waals surface area contributed by atoms with Gasteiger partial charge in [0, 0.05) is 31.4 Å². The Morgan fingerprint density at radius 3 is 2.74 bits per heavy atom. The van der Waals surface area contributed by atoms with Crippen LogP contribution >= 0.6 is 0 Å². The Kier molecular flexibility index (Phi) is 6.79. The number of ether oxygens (including phenoxy) is 1. The lowest BCUT2D eigenvalue weighted by Gasteiger charge is -2.19. The Labute approximate surface area is 183 Å². The summed E-state index contributed by atoms with van der Waals surface area (Å²) in [5.74, 6) is -0.735. The predicted molar refractivity (Wildman–Crippen MR) is 114 cm³/mol. The van der Waals surface area contributed by atoms with E-state index in [9.17, 15) is 9.59 Å². The van der Waals surface area contributed by atoms with Gasteiger partial charge in [0.15, 0.2) is 5.76 Å². The molecule has 0 bridgehead atoms. The van der Waals surface area contributed by atoms with Crippen molar-refractivity contribution in [3.05, 3.63) is 66.2 Å². The highest BCUT2D eigenvalue weighted by atomic mass is 16.5. The molecule has 0 saturated carbocycles. The van der Waals surface area contributed by atoms with Crippen molar-refractivity contribution in [2.45, 2.75) is 32.2 Å². The van der Waals surface area contributed by atoms with E-state index in [1.807, 2.05) is 0 Å². The molecule has 31 heavy (non-hydrogen) atoms. The number of hydrogen-bond acceptors (Lipinski definition) is 6. The molecule has 3 aromatic rings. The maximum Gasteiger partial charge on any atom is 0.303 e. The van der Waals surface area contributed by atoms with Crippen molar-refractivity contribution in [1.82, 2.24) is 14.9 Å². The van der Waals surface area contributed by atoms with Gasteiger partial charge in [0.25, 0.3) is 5.91 Å². The fourth-order valence-corrected chi connectivity index (χ4v) is 2.83. The molecule has 0 fully saturated rings. The number of carboxylic acids is 1. The third-order valence-electron chi connectivity index (χ3n) is 4.42. The third kappa shape index (κ3) is 6.40. The van der Waals surface area contributed by atoms with E-state index < -0.39 is 18.4 Å². The number of nitrogens with zero attached hydrogens (tertiary/aromatic N) is 3. The molecule has 0 spiro atoms. The molecule has 0 atom stereocenters. The third-order valence-corrected chi connectivity index (χ3v) is 4.42. The van der Waals surface area contributed by atoms with Crippen molar-refractivity contribution in [2.75, 3.05) is 13.7 Å². The highest BCUT2D eigenvalue weighted by Crippen LogP contribution is 2.20. The molecule has 3 heterocycles. The van der Waals surface area contributed by atoms with Crippen LogP contribution in [0.4, 0.5) is 0 Å². The van der Waals surface area contributed by atoms with E-state index in [0.717, 1.165) is 4.90 Å². The van der Waals surface area contributed by atoms with Crippen molar-refractivity contribution >= 4 is 11.9 Å². The lowest BCUT2D eigenvalue weighted by molar-refractivity contribution is -0.137. The molecule has 3 rings (SSSR count). The van der Waals surface area contributed by atoms with Crippen LogP contribution in [0.5, 0.6) is 5.88 Å². The van der Waals surface area contributed by atoms with Gasteiger partial charge in [-0.15, -0.1) is 0 Å². The molecular weight excluding hydrogens is 398 g/mol. The molecule has 8 nitrogen and oxygen atoms in total. The van der Waals surface area contributed by atoms with Gasteiger partial charge in [-0.2, -0.15) is 0 Å². The first-order chi connectivity index (χ1) is 15.8. The molecule has 0 aliphatic carbocycles. The van der Waals surface area contributed by atoms with Crippen molar-refractivity contribution in [2.24, 2.45) is 0 Å². The van der Waals surface area contributed by atoms with Crippen LogP contribution in [0.15, 0.2) is 59.5 Å². The average Bonchev–Trinajstić information content (AvgIpc) is 3.35. The summed E-state index contributed by atoms with van der Waals surface area (Å²) in [7, 11) is 1.37. The summed E-state index contributed by atoms with van der Waals surface area (Å²) in [4.78, 5) is 32.9. The molecule has 1 amide bonds. The first-order valence-corrected chi connectivity index (χ1v) is 9.89. The number of amides is 1. The molecule has 8 heteroatoms. The number of furan rings is 1. The normalized spacial score (nSPS) is 12.0. The van der Waals surface area contributed by atoms with Crippen molar-refractivity contribution in [3.8, 4) is 17.3 Å². The van der Waals surface area contributed by atoms with Crippen molar-refractivity contribution in [3.63, 3.8) is 0 Å². The second-order valence-corrected chi connectivity index (χ2v) is 6.79. The molecule has 0 aromatic carbocycles. The van der Waals surface area contributed by atoms with E-state index in [1.54, 1.807) is 30.3 Å². The van der Waals surface area contributed by atoms with Crippen LogP contribution in [0.1, 0.15) is 44.3 Å². The fourth-order valence-electron chi connectivity index (χ4n) is 2.83. The van der Waals surface area contributed by atoms with Gasteiger partial charge in [0.2, 0.25) is 5.88 Å². The summed E-state index contributed by atoms with van der Waals surface area (Å²) in [6, 6.07) is 9.79. The van der Waals surface area contributed by atoms with Gasteiger partial charge >= 0.3 is 5.97 Å². The maximum absolute atomic E-state index is 13.0. The van der Waals surface area contributed by atoms with Crippen molar-refractivity contribution in [1.29, 1.82) is 0 Å². The molecule has 0 saturated heterocycles. The van der Waals surface area contributed by atoms with E-state index in [1.165, 1.54) is 31.8 Å². The summed E-state index contributed by atoms with van der Waals surface area (Å²) >= 11 is 0. The van der Waals surface area contributed by atoms with Gasteiger partial charge in [0.1, 0.15) is 5.69 Å². The largest absolute Gasteiger partial charge is 0.481 e. The van der Waals surface area contributed by atoms with Crippen LogP contribution in [-0.2, 0) is 11.3 Å². The summed E-state index contributed by atoms with van der Waals surface area (Å²) in [6.45, 7) is -1.95. The summed E-state index contributed by atoms with van der Waals surface area (Å²) in [5.41, 5.74) is 0.904. The Balaban J connectivity index is 1.68. The lowest BCUT2D eigenvalue weighted by atomic mass is 10.2. The molecule has 0 unspecified atom stereocenters. The van der Waals surface area contributed by atoms with Crippen LogP contribution in [0, 0.1) is 0 Å². The van der Waals surface area contributed by atoms with Crippen LogP contribution in [0.2, 0.25) is 0 Å². The molecule has 1 N–H and O–H groups in total. The second-order valence-electron chi connectivity index (χ2n) is 6.79. The zero-order valence-corrected chi connectivity index (χ0v) is 17.2. The molecule has 0 aliphatic heterocycles. The predicted octanol–water partition coefficient (Wildman–Crippen LogP) is 4.03. The fraction of sp³-hybridized carbons (Fsp3) is 0.304. The highest BCUT2D eigenvalue weighted by Gasteiger charge is 2.16. The number of unbranched alkanes of at least 4 members (excludes halogenated alkanes) is 2. The molecule has 0 aliphatic rings. The standard InChI is InChI=1S/C23H25N3O5/c1-26(23(29)17-10-11-19(25-15-17)20-8-6-14-30-20)16-18-7-5-12-24-22(18)31-13-4-2-3-9-21(27)28/h5-8,10-12,14-15H,2-4,9,13,16H2,1H3,(H,27,28)/i16D2. The van der Waals surface area contributed by atoms with Gasteiger partial charge in [-0.25, -0.2) is 4.98 Å². The van der Waals surface area contributed by atoms with Crippen molar-refractivity contribution < 1.29 is 26.6 Å². The number of hydrogen-bond donors (Lipinski definition) is 1.